The molecule has 3 fully saturated rings. The Kier molecular flexibility index (Phi) is 3.53. The van der Waals surface area contributed by atoms with Gasteiger partial charge in [-0.25, -0.2) is 4.98 Å². The van der Waals surface area contributed by atoms with Gasteiger partial charge in [0.1, 0.15) is 5.82 Å². The van der Waals surface area contributed by atoms with Gasteiger partial charge < -0.3 is 15.1 Å². The van der Waals surface area contributed by atoms with E-state index in [9.17, 15) is 4.79 Å². The van der Waals surface area contributed by atoms with Crippen LogP contribution in [0.1, 0.15) is 19.3 Å². The molecule has 2 aliphatic heterocycles. The van der Waals surface area contributed by atoms with Crippen LogP contribution in [0.2, 0.25) is 0 Å². The number of hydrogen-bond donors (Lipinski definition) is 1. The topological polar surface area (TPSA) is 48.5 Å². The third-order valence-corrected chi connectivity index (χ3v) is 5.65. The molecule has 1 atom stereocenters. The zero-order chi connectivity index (χ0) is 15.0. The minimum atomic E-state index is 0.302. The Bertz CT molecular complexity index is 533. The second kappa shape index (κ2) is 5.54. The highest BCUT2D eigenvalue weighted by Gasteiger charge is 2.58. The average Bonchev–Trinajstić information content (AvgIpc) is 3.29. The van der Waals surface area contributed by atoms with Gasteiger partial charge in [0, 0.05) is 38.3 Å². The molecule has 1 N–H and O–H groups in total. The lowest BCUT2D eigenvalue weighted by Gasteiger charge is -2.36. The average molecular weight is 300 g/mol. The number of carbonyl (C=O) groups excluding carboxylic acids is 1. The molecule has 1 aliphatic carbocycles. The Hall–Kier alpha value is -1.62. The van der Waals surface area contributed by atoms with Crippen LogP contribution in [-0.2, 0) is 4.79 Å². The van der Waals surface area contributed by atoms with Crippen LogP contribution in [0.4, 0.5) is 5.82 Å². The summed E-state index contributed by atoms with van der Waals surface area (Å²) >= 11 is 0. The highest BCUT2D eigenvalue weighted by molar-refractivity contribution is 5.83. The SMILES string of the molecule is O=C(C1CC12CCNCC2)N1CCN(c2ccccn2)CC1. The minimum Gasteiger partial charge on any atom is -0.353 e. The predicted molar refractivity (Wildman–Crippen MR) is 85.7 cm³/mol. The number of anilines is 1. The maximum Gasteiger partial charge on any atom is 0.226 e. The molecule has 3 aliphatic rings. The van der Waals surface area contributed by atoms with Gasteiger partial charge >= 0.3 is 0 Å². The number of nitrogens with zero attached hydrogens (tertiary/aromatic N) is 3. The van der Waals surface area contributed by atoms with Gasteiger partial charge in [-0.15, -0.1) is 0 Å². The lowest BCUT2D eigenvalue weighted by atomic mass is 9.91. The van der Waals surface area contributed by atoms with Crippen molar-refractivity contribution in [2.45, 2.75) is 19.3 Å². The van der Waals surface area contributed by atoms with Gasteiger partial charge in [0.2, 0.25) is 5.91 Å². The van der Waals surface area contributed by atoms with E-state index >= 15 is 0 Å². The fourth-order valence-electron chi connectivity index (χ4n) is 4.09. The second-order valence-electron chi connectivity index (χ2n) is 6.87. The maximum atomic E-state index is 12.7. The molecule has 118 valence electrons. The number of aromatic nitrogens is 1. The summed E-state index contributed by atoms with van der Waals surface area (Å²) < 4.78 is 0. The Morgan fingerprint density at radius 3 is 2.64 bits per heavy atom. The summed E-state index contributed by atoms with van der Waals surface area (Å²) in [7, 11) is 0. The van der Waals surface area contributed by atoms with E-state index in [-0.39, 0.29) is 0 Å². The molecule has 1 aromatic rings. The number of amides is 1. The van der Waals surface area contributed by atoms with Gasteiger partial charge in [0.15, 0.2) is 0 Å². The molecule has 1 saturated carbocycles. The Morgan fingerprint density at radius 1 is 1.18 bits per heavy atom. The largest absolute Gasteiger partial charge is 0.353 e. The molecule has 4 rings (SSSR count). The summed E-state index contributed by atoms with van der Waals surface area (Å²) in [5, 5.41) is 3.40. The Morgan fingerprint density at radius 2 is 1.95 bits per heavy atom. The first-order valence-electron chi connectivity index (χ1n) is 8.44. The van der Waals surface area contributed by atoms with Crippen LogP contribution in [0.25, 0.3) is 0 Å². The standard InChI is InChI=1S/C17H24N4O/c22-16(14-13-17(14)4-7-18-8-5-17)21-11-9-20(10-12-21)15-3-1-2-6-19-15/h1-3,6,14,18H,4-5,7-13H2. The summed E-state index contributed by atoms with van der Waals surface area (Å²) in [6.45, 7) is 5.61. The van der Waals surface area contributed by atoms with E-state index in [1.807, 2.05) is 24.4 Å². The zero-order valence-corrected chi connectivity index (χ0v) is 13.0. The molecule has 2 saturated heterocycles. The van der Waals surface area contributed by atoms with E-state index in [4.69, 9.17) is 0 Å². The molecular weight excluding hydrogens is 276 g/mol. The zero-order valence-electron chi connectivity index (χ0n) is 13.0. The highest BCUT2D eigenvalue weighted by Crippen LogP contribution is 2.59. The normalized spacial score (nSPS) is 27.0. The van der Waals surface area contributed by atoms with E-state index in [2.05, 4.69) is 20.1 Å². The minimum absolute atomic E-state index is 0.302. The van der Waals surface area contributed by atoms with Gasteiger partial charge in [-0.3, -0.25) is 4.79 Å². The summed E-state index contributed by atoms with van der Waals surface area (Å²) in [6.07, 6.45) is 5.31. The molecule has 1 unspecified atom stereocenters. The van der Waals surface area contributed by atoms with Crippen LogP contribution in [0, 0.1) is 11.3 Å². The van der Waals surface area contributed by atoms with Crippen LogP contribution in [0.15, 0.2) is 24.4 Å². The number of piperazine rings is 1. The Balaban J connectivity index is 1.33. The van der Waals surface area contributed by atoms with Crippen molar-refractivity contribution in [1.29, 1.82) is 0 Å². The van der Waals surface area contributed by atoms with Gasteiger partial charge in [-0.05, 0) is 49.9 Å². The predicted octanol–water partition coefficient (Wildman–Crippen LogP) is 1.12. The van der Waals surface area contributed by atoms with Gasteiger partial charge in [-0.2, -0.15) is 0 Å². The van der Waals surface area contributed by atoms with Crippen molar-refractivity contribution < 1.29 is 4.79 Å². The van der Waals surface area contributed by atoms with Crippen LogP contribution >= 0.6 is 0 Å². The van der Waals surface area contributed by atoms with E-state index in [1.165, 1.54) is 12.8 Å². The van der Waals surface area contributed by atoms with Crippen molar-refractivity contribution in [2.75, 3.05) is 44.2 Å². The van der Waals surface area contributed by atoms with E-state index in [1.54, 1.807) is 0 Å². The summed E-state index contributed by atoms with van der Waals surface area (Å²) in [5.41, 5.74) is 0.348. The Labute approximate surface area is 131 Å². The molecule has 1 spiro atoms. The van der Waals surface area contributed by atoms with Crippen molar-refractivity contribution in [3.63, 3.8) is 0 Å². The first kappa shape index (κ1) is 14.0. The van der Waals surface area contributed by atoms with Crippen LogP contribution in [0.3, 0.4) is 0 Å². The van der Waals surface area contributed by atoms with Crippen molar-refractivity contribution in [3.8, 4) is 0 Å². The smallest absolute Gasteiger partial charge is 0.226 e. The van der Waals surface area contributed by atoms with Gasteiger partial charge in [0.05, 0.1) is 0 Å². The number of pyridine rings is 1. The third-order valence-electron chi connectivity index (χ3n) is 5.65. The second-order valence-corrected chi connectivity index (χ2v) is 6.87. The summed E-state index contributed by atoms with van der Waals surface area (Å²) in [5.74, 6) is 1.73. The quantitative estimate of drug-likeness (QED) is 0.889. The molecule has 1 aromatic heterocycles. The lowest BCUT2D eigenvalue weighted by molar-refractivity contribution is -0.133. The van der Waals surface area contributed by atoms with Crippen molar-refractivity contribution in [3.05, 3.63) is 24.4 Å². The first-order chi connectivity index (χ1) is 10.8. The lowest BCUT2D eigenvalue weighted by Crippen LogP contribution is -2.50. The molecule has 0 bridgehead atoms. The number of rotatable bonds is 2. The molecule has 5 heteroatoms. The van der Waals surface area contributed by atoms with E-state index in [0.717, 1.165) is 51.5 Å². The fourth-order valence-corrected chi connectivity index (χ4v) is 4.09. The summed E-state index contributed by atoms with van der Waals surface area (Å²) in [4.78, 5) is 21.5. The van der Waals surface area contributed by atoms with Crippen LogP contribution < -0.4 is 10.2 Å². The van der Waals surface area contributed by atoms with Gasteiger partial charge in [-0.1, -0.05) is 6.07 Å². The fraction of sp³-hybridized carbons (Fsp3) is 0.647. The van der Waals surface area contributed by atoms with Crippen LogP contribution in [-0.4, -0.2) is 55.1 Å². The molecule has 22 heavy (non-hydrogen) atoms. The van der Waals surface area contributed by atoms with Gasteiger partial charge in [0.25, 0.3) is 0 Å². The number of hydrogen-bond acceptors (Lipinski definition) is 4. The van der Waals surface area contributed by atoms with Crippen molar-refractivity contribution in [2.24, 2.45) is 11.3 Å². The number of piperidine rings is 1. The molecule has 0 radical (unpaired) electrons. The summed E-state index contributed by atoms with van der Waals surface area (Å²) in [6, 6.07) is 6.00. The monoisotopic (exact) mass is 300 g/mol. The highest BCUT2D eigenvalue weighted by atomic mass is 16.2. The maximum absolute atomic E-state index is 12.7. The molecule has 3 heterocycles. The first-order valence-corrected chi connectivity index (χ1v) is 8.44. The van der Waals surface area contributed by atoms with Crippen LogP contribution in [0.5, 0.6) is 0 Å². The van der Waals surface area contributed by atoms with E-state index in [0.29, 0.717) is 17.2 Å². The van der Waals surface area contributed by atoms with Crippen molar-refractivity contribution in [1.82, 2.24) is 15.2 Å². The molecule has 0 aromatic carbocycles. The van der Waals surface area contributed by atoms with Crippen molar-refractivity contribution >= 4 is 11.7 Å². The third kappa shape index (κ3) is 2.47. The molecular formula is C17H24N4O. The number of nitrogens with one attached hydrogen (secondary N) is 1. The van der Waals surface area contributed by atoms with E-state index < -0.39 is 0 Å². The molecule has 1 amide bonds. The number of carbonyl (C=O) groups is 1. The molecule has 5 nitrogen and oxygen atoms in total.